The fraction of sp³-hybridized carbons (Fsp3) is 0.316. The quantitative estimate of drug-likeness (QED) is 0.710. The predicted molar refractivity (Wildman–Crippen MR) is 99.0 cm³/mol. The monoisotopic (exact) mass is 361 g/mol. The minimum Gasteiger partial charge on any atom is -0.823 e. The van der Waals surface area contributed by atoms with Crippen LogP contribution < -0.4 is 29.4 Å². The van der Waals surface area contributed by atoms with Gasteiger partial charge in [-0.1, -0.05) is 13.7 Å². The van der Waals surface area contributed by atoms with Crippen LogP contribution in [-0.4, -0.2) is 32.9 Å². The lowest BCUT2D eigenvalue weighted by Gasteiger charge is -2.20. The number of benzene rings is 2. The Hall–Kier alpha value is -2.23. The summed E-state index contributed by atoms with van der Waals surface area (Å²) in [5, 5.41) is 13.7. The van der Waals surface area contributed by atoms with Crippen molar-refractivity contribution in [2.45, 2.75) is 20.0 Å². The molecule has 2 aromatic rings. The standard InChI is InChI=1S/C19H23O5P/c1-12(2)24-13-6-8-15(9-7-13)25-19(20)18-16(22-4)10-14(21-3)11-17(18)23-5/h6-12,20H,1-5H3/p-1. The van der Waals surface area contributed by atoms with E-state index >= 15 is 0 Å². The largest absolute Gasteiger partial charge is 0.823 e. The highest BCUT2D eigenvalue weighted by Crippen LogP contribution is 2.34. The third kappa shape index (κ3) is 4.88. The lowest BCUT2D eigenvalue weighted by atomic mass is 10.1. The summed E-state index contributed by atoms with van der Waals surface area (Å²) in [5.41, 5.74) is 0.281. The molecule has 0 heterocycles. The summed E-state index contributed by atoms with van der Waals surface area (Å²) in [7, 11) is 5.10. The predicted octanol–water partition coefficient (Wildman–Crippen LogP) is 2.61. The Balaban J connectivity index is 2.38. The maximum Gasteiger partial charge on any atom is 0.132 e. The first-order chi connectivity index (χ1) is 12.0. The molecule has 0 fully saturated rings. The molecule has 2 rings (SSSR count). The van der Waals surface area contributed by atoms with Gasteiger partial charge < -0.3 is 24.1 Å². The van der Waals surface area contributed by atoms with Gasteiger partial charge in [-0.2, -0.15) is 0 Å². The van der Waals surface area contributed by atoms with Gasteiger partial charge in [0.25, 0.3) is 0 Å². The van der Waals surface area contributed by atoms with Gasteiger partial charge in [-0.3, -0.25) is 0 Å². The van der Waals surface area contributed by atoms with Crippen molar-refractivity contribution < 1.29 is 24.1 Å². The van der Waals surface area contributed by atoms with E-state index in [-0.39, 0.29) is 11.6 Å². The molecule has 0 radical (unpaired) electrons. The molecule has 0 unspecified atom stereocenters. The molecule has 2 aromatic carbocycles. The average molecular weight is 361 g/mol. The molecule has 25 heavy (non-hydrogen) atoms. The molecule has 0 N–H and O–H groups in total. The van der Waals surface area contributed by atoms with Crippen molar-refractivity contribution in [1.82, 2.24) is 0 Å². The van der Waals surface area contributed by atoms with Crippen LogP contribution in [0, 0.1) is 0 Å². The first-order valence-electron chi connectivity index (χ1n) is 7.81. The Morgan fingerprint density at radius 2 is 1.44 bits per heavy atom. The first kappa shape index (κ1) is 19.1. The molecule has 0 saturated heterocycles. The third-order valence-electron chi connectivity index (χ3n) is 3.37. The summed E-state index contributed by atoms with van der Waals surface area (Å²) in [5.74, 6) is 2.19. The van der Waals surface area contributed by atoms with E-state index in [0.717, 1.165) is 11.1 Å². The van der Waals surface area contributed by atoms with Crippen LogP contribution in [0.25, 0.3) is 0 Å². The van der Waals surface area contributed by atoms with Gasteiger partial charge in [0.1, 0.15) is 23.0 Å². The second-order valence-corrected chi connectivity index (χ2v) is 6.63. The Labute approximate surface area is 149 Å². The SMILES string of the molecule is COc1cc(OC)c(C([O-])=Pc2ccc(OC(C)C)cc2)c(OC)c1. The molecule has 0 bridgehead atoms. The number of methoxy groups -OCH3 is 3. The summed E-state index contributed by atoms with van der Waals surface area (Å²) in [4.78, 5) is 0. The fourth-order valence-corrected chi connectivity index (χ4v) is 3.13. The third-order valence-corrected chi connectivity index (χ3v) is 4.35. The molecule has 0 aliphatic heterocycles. The second kappa shape index (κ2) is 8.75. The Kier molecular flexibility index (Phi) is 6.68. The van der Waals surface area contributed by atoms with Gasteiger partial charge in [0.05, 0.1) is 33.0 Å². The number of hydrogen-bond acceptors (Lipinski definition) is 5. The zero-order chi connectivity index (χ0) is 18.4. The lowest BCUT2D eigenvalue weighted by Crippen LogP contribution is -2.20. The van der Waals surface area contributed by atoms with E-state index in [1.165, 1.54) is 14.2 Å². The normalized spacial score (nSPS) is 11.4. The Morgan fingerprint density at radius 1 is 0.880 bits per heavy atom. The van der Waals surface area contributed by atoms with Crippen LogP contribution in [0.1, 0.15) is 19.4 Å². The number of hydrogen-bond donors (Lipinski definition) is 0. The Morgan fingerprint density at radius 3 is 1.88 bits per heavy atom. The van der Waals surface area contributed by atoms with E-state index in [0.29, 0.717) is 31.0 Å². The first-order valence-corrected chi connectivity index (χ1v) is 8.70. The summed E-state index contributed by atoms with van der Waals surface area (Å²) in [6.45, 7) is 3.94. The van der Waals surface area contributed by atoms with Gasteiger partial charge in [0, 0.05) is 17.4 Å². The molecule has 0 aliphatic carbocycles. The molecule has 0 saturated carbocycles. The number of ether oxygens (including phenoxy) is 4. The maximum absolute atomic E-state index is 12.8. The van der Waals surface area contributed by atoms with Crippen LogP contribution in [0.4, 0.5) is 0 Å². The van der Waals surface area contributed by atoms with E-state index in [1.807, 2.05) is 38.1 Å². The highest BCUT2D eigenvalue weighted by Gasteiger charge is 2.12. The van der Waals surface area contributed by atoms with Crippen molar-refractivity contribution >= 4 is 19.0 Å². The van der Waals surface area contributed by atoms with Gasteiger partial charge in [0.15, 0.2) is 0 Å². The zero-order valence-corrected chi connectivity index (χ0v) is 15.9. The zero-order valence-electron chi connectivity index (χ0n) is 15.0. The van der Waals surface area contributed by atoms with Gasteiger partial charge in [-0.05, 0) is 38.1 Å². The average Bonchev–Trinajstić information content (AvgIpc) is 2.61. The van der Waals surface area contributed by atoms with Crippen molar-refractivity contribution in [3.63, 3.8) is 0 Å². The summed E-state index contributed by atoms with van der Waals surface area (Å²) in [6.07, 6.45) is 0.109. The van der Waals surface area contributed by atoms with Crippen molar-refractivity contribution in [3.05, 3.63) is 42.0 Å². The van der Waals surface area contributed by atoms with Crippen molar-refractivity contribution in [3.8, 4) is 23.0 Å². The molecule has 0 spiro atoms. The van der Waals surface area contributed by atoms with Crippen molar-refractivity contribution in [2.24, 2.45) is 0 Å². The summed E-state index contributed by atoms with van der Waals surface area (Å²) in [6, 6.07) is 10.8. The second-order valence-electron chi connectivity index (χ2n) is 5.48. The van der Waals surface area contributed by atoms with Crippen LogP contribution in [0.3, 0.4) is 0 Å². The molecule has 5 nitrogen and oxygen atoms in total. The lowest BCUT2D eigenvalue weighted by molar-refractivity contribution is -0.207. The molecular formula is C19H22O5P-. The van der Waals surface area contributed by atoms with E-state index in [9.17, 15) is 5.11 Å². The van der Waals surface area contributed by atoms with Crippen LogP contribution in [-0.2, 0) is 0 Å². The Bertz CT molecular complexity index is 713. The summed E-state index contributed by atoms with van der Waals surface area (Å²) < 4.78 is 21.5. The van der Waals surface area contributed by atoms with Gasteiger partial charge in [-0.15, -0.1) is 0 Å². The molecule has 134 valence electrons. The summed E-state index contributed by atoms with van der Waals surface area (Å²) >= 11 is 0. The van der Waals surface area contributed by atoms with Crippen LogP contribution in [0.15, 0.2) is 36.4 Å². The molecule has 0 aliphatic rings. The van der Waals surface area contributed by atoms with Crippen LogP contribution in [0.5, 0.6) is 23.0 Å². The van der Waals surface area contributed by atoms with E-state index in [2.05, 4.69) is 0 Å². The maximum atomic E-state index is 12.8. The van der Waals surface area contributed by atoms with Gasteiger partial charge in [0.2, 0.25) is 0 Å². The minimum atomic E-state index is -0.117. The van der Waals surface area contributed by atoms with Crippen molar-refractivity contribution in [1.29, 1.82) is 0 Å². The minimum absolute atomic E-state index is 0.109. The number of rotatable bonds is 7. The van der Waals surface area contributed by atoms with Crippen LogP contribution in [0.2, 0.25) is 0 Å². The van der Waals surface area contributed by atoms with E-state index in [1.54, 1.807) is 19.2 Å². The highest BCUT2D eigenvalue weighted by molar-refractivity contribution is 7.49. The highest BCUT2D eigenvalue weighted by atomic mass is 31.1. The van der Waals surface area contributed by atoms with Crippen molar-refractivity contribution in [2.75, 3.05) is 21.3 Å². The van der Waals surface area contributed by atoms with Crippen LogP contribution >= 0.6 is 8.20 Å². The molecular weight excluding hydrogens is 339 g/mol. The fourth-order valence-electron chi connectivity index (χ4n) is 2.26. The smallest absolute Gasteiger partial charge is 0.132 e. The van der Waals surface area contributed by atoms with E-state index in [4.69, 9.17) is 18.9 Å². The molecule has 0 amide bonds. The van der Waals surface area contributed by atoms with Gasteiger partial charge >= 0.3 is 0 Å². The van der Waals surface area contributed by atoms with Gasteiger partial charge in [-0.25, -0.2) is 0 Å². The molecule has 0 atom stereocenters. The van der Waals surface area contributed by atoms with E-state index < -0.39 is 0 Å². The molecule has 0 aromatic heterocycles. The topological polar surface area (TPSA) is 60.0 Å². The molecule has 6 heteroatoms.